The van der Waals surface area contributed by atoms with E-state index in [4.69, 9.17) is 14.2 Å². The molecule has 0 amide bonds. The number of aryl methyl sites for hydroxylation is 1. The van der Waals surface area contributed by atoms with Crippen molar-refractivity contribution in [2.24, 2.45) is 0 Å². The third kappa shape index (κ3) is 3.42. The number of aromatic nitrogens is 3. The predicted molar refractivity (Wildman–Crippen MR) is 112 cm³/mol. The number of rotatable bonds is 3. The van der Waals surface area contributed by atoms with Crippen molar-refractivity contribution in [3.05, 3.63) is 52.4 Å². The molecule has 1 saturated heterocycles. The van der Waals surface area contributed by atoms with Crippen LogP contribution in [0.25, 0.3) is 5.65 Å². The molecule has 2 aliphatic heterocycles. The molecule has 0 bridgehead atoms. The van der Waals surface area contributed by atoms with Crippen LogP contribution < -0.4 is 24.7 Å². The van der Waals surface area contributed by atoms with Crippen molar-refractivity contribution in [1.29, 1.82) is 0 Å². The molecule has 0 N–H and O–H groups in total. The van der Waals surface area contributed by atoms with Gasteiger partial charge in [0.1, 0.15) is 25.1 Å². The molecule has 4 heterocycles. The fourth-order valence-corrected chi connectivity index (χ4v) is 4.17. The van der Waals surface area contributed by atoms with Crippen LogP contribution in [0.1, 0.15) is 25.3 Å². The molecule has 2 aromatic heterocycles. The van der Waals surface area contributed by atoms with Crippen LogP contribution in [0.2, 0.25) is 0 Å². The monoisotopic (exact) mass is 408 g/mol. The zero-order valence-corrected chi connectivity index (χ0v) is 17.1. The Balaban J connectivity index is 1.32. The summed E-state index contributed by atoms with van der Waals surface area (Å²) in [5.41, 5.74) is 1.39. The number of anilines is 1. The number of hydrogen-bond donors (Lipinski definition) is 0. The molecule has 2 atom stereocenters. The fourth-order valence-electron chi connectivity index (χ4n) is 4.17. The Morgan fingerprint density at radius 3 is 2.80 bits per heavy atom. The first-order valence-electron chi connectivity index (χ1n) is 10.3. The summed E-state index contributed by atoms with van der Waals surface area (Å²) in [7, 11) is 0. The van der Waals surface area contributed by atoms with Gasteiger partial charge < -0.3 is 19.1 Å². The Morgan fingerprint density at radius 1 is 1.13 bits per heavy atom. The van der Waals surface area contributed by atoms with Crippen molar-refractivity contribution in [1.82, 2.24) is 14.6 Å². The van der Waals surface area contributed by atoms with E-state index < -0.39 is 0 Å². The van der Waals surface area contributed by atoms with Gasteiger partial charge in [-0.3, -0.25) is 4.79 Å². The molecule has 156 valence electrons. The molecule has 5 rings (SSSR count). The van der Waals surface area contributed by atoms with E-state index in [1.807, 2.05) is 31.2 Å². The smallest absolute Gasteiger partial charge is 0.274 e. The zero-order chi connectivity index (χ0) is 20.7. The normalized spacial score (nSPS) is 20.9. The van der Waals surface area contributed by atoms with Gasteiger partial charge in [0, 0.05) is 43.8 Å². The molecule has 1 aromatic carbocycles. The van der Waals surface area contributed by atoms with Gasteiger partial charge in [-0.1, -0.05) is 0 Å². The van der Waals surface area contributed by atoms with Gasteiger partial charge in [0.15, 0.2) is 23.0 Å². The van der Waals surface area contributed by atoms with Gasteiger partial charge in [0.2, 0.25) is 0 Å². The largest absolute Gasteiger partial charge is 0.490 e. The SMILES string of the molecule is Cc1cc2nccc(=O)n2nc1N1CC[C@H](Oc2ccc3c(c2)OCCO3)C[C@H]1C. The summed E-state index contributed by atoms with van der Waals surface area (Å²) in [5, 5.41) is 4.60. The topological polar surface area (TPSA) is 78.2 Å². The van der Waals surface area contributed by atoms with Gasteiger partial charge in [-0.25, -0.2) is 4.98 Å². The second-order valence-electron chi connectivity index (χ2n) is 7.82. The lowest BCUT2D eigenvalue weighted by Crippen LogP contribution is -2.45. The Bertz CT molecular complexity index is 1150. The van der Waals surface area contributed by atoms with E-state index >= 15 is 0 Å². The van der Waals surface area contributed by atoms with E-state index in [-0.39, 0.29) is 17.7 Å². The van der Waals surface area contributed by atoms with E-state index in [0.29, 0.717) is 18.9 Å². The third-order valence-electron chi connectivity index (χ3n) is 5.66. The van der Waals surface area contributed by atoms with Crippen LogP contribution >= 0.6 is 0 Å². The number of piperidine rings is 1. The number of nitrogens with zero attached hydrogens (tertiary/aromatic N) is 4. The number of hydrogen-bond acceptors (Lipinski definition) is 7. The van der Waals surface area contributed by atoms with Crippen molar-refractivity contribution in [2.45, 2.75) is 38.8 Å². The molecule has 0 aliphatic carbocycles. The first-order chi connectivity index (χ1) is 14.6. The van der Waals surface area contributed by atoms with Crippen molar-refractivity contribution >= 4 is 11.5 Å². The van der Waals surface area contributed by atoms with Crippen molar-refractivity contribution in [3.63, 3.8) is 0 Å². The van der Waals surface area contributed by atoms with Crippen LogP contribution in [0.3, 0.4) is 0 Å². The van der Waals surface area contributed by atoms with Crippen LogP contribution in [-0.2, 0) is 0 Å². The van der Waals surface area contributed by atoms with Crippen molar-refractivity contribution in [2.75, 3.05) is 24.7 Å². The summed E-state index contributed by atoms with van der Waals surface area (Å²) in [6.07, 6.45) is 3.33. The Morgan fingerprint density at radius 2 is 1.97 bits per heavy atom. The lowest BCUT2D eigenvalue weighted by molar-refractivity contribution is 0.149. The van der Waals surface area contributed by atoms with Gasteiger partial charge in [0.25, 0.3) is 5.56 Å². The summed E-state index contributed by atoms with van der Waals surface area (Å²) >= 11 is 0. The van der Waals surface area contributed by atoms with E-state index in [9.17, 15) is 4.79 Å². The molecular weight excluding hydrogens is 384 g/mol. The highest BCUT2D eigenvalue weighted by atomic mass is 16.6. The average molecular weight is 408 g/mol. The Labute approximate surface area is 174 Å². The highest BCUT2D eigenvalue weighted by molar-refractivity contribution is 5.53. The molecule has 1 fully saturated rings. The molecule has 0 spiro atoms. The number of fused-ring (bicyclic) bond motifs is 2. The Kier molecular flexibility index (Phi) is 4.69. The molecule has 30 heavy (non-hydrogen) atoms. The molecule has 2 aliphatic rings. The first kappa shape index (κ1) is 18.7. The summed E-state index contributed by atoms with van der Waals surface area (Å²) in [6.45, 7) is 6.10. The number of ether oxygens (including phenoxy) is 3. The Hall–Kier alpha value is -3.29. The summed E-state index contributed by atoms with van der Waals surface area (Å²) in [4.78, 5) is 18.7. The second kappa shape index (κ2) is 7.51. The maximum atomic E-state index is 12.2. The minimum absolute atomic E-state index is 0.101. The highest BCUT2D eigenvalue weighted by Gasteiger charge is 2.29. The molecule has 0 saturated carbocycles. The van der Waals surface area contributed by atoms with E-state index in [0.717, 1.165) is 48.0 Å². The summed E-state index contributed by atoms with van der Waals surface area (Å²) < 4.78 is 18.8. The lowest BCUT2D eigenvalue weighted by atomic mass is 10.00. The predicted octanol–water partition coefficient (Wildman–Crippen LogP) is 2.61. The van der Waals surface area contributed by atoms with Crippen LogP contribution in [-0.4, -0.2) is 46.5 Å². The third-order valence-corrected chi connectivity index (χ3v) is 5.66. The van der Waals surface area contributed by atoms with E-state index in [1.165, 1.54) is 16.8 Å². The van der Waals surface area contributed by atoms with Crippen LogP contribution in [0, 0.1) is 6.92 Å². The maximum absolute atomic E-state index is 12.2. The molecule has 0 unspecified atom stereocenters. The molecule has 0 radical (unpaired) electrons. The van der Waals surface area contributed by atoms with Crippen molar-refractivity contribution in [3.8, 4) is 17.2 Å². The lowest BCUT2D eigenvalue weighted by Gasteiger charge is -2.39. The molecule has 8 nitrogen and oxygen atoms in total. The minimum Gasteiger partial charge on any atom is -0.490 e. The van der Waals surface area contributed by atoms with Crippen LogP contribution in [0.4, 0.5) is 5.82 Å². The van der Waals surface area contributed by atoms with Crippen LogP contribution in [0.5, 0.6) is 17.2 Å². The first-order valence-corrected chi connectivity index (χ1v) is 10.3. The van der Waals surface area contributed by atoms with Gasteiger partial charge in [-0.2, -0.15) is 4.52 Å². The average Bonchev–Trinajstić information content (AvgIpc) is 2.74. The highest BCUT2D eigenvalue weighted by Crippen LogP contribution is 2.35. The quantitative estimate of drug-likeness (QED) is 0.659. The minimum atomic E-state index is -0.175. The molecule has 3 aromatic rings. The molecular formula is C22H24N4O4. The van der Waals surface area contributed by atoms with Crippen LogP contribution in [0.15, 0.2) is 41.3 Å². The standard InChI is InChI=1S/C22H24N4O4/c1-14-11-20-23-7-5-21(27)26(20)24-22(14)25-8-6-17(12-15(25)2)30-16-3-4-18-19(13-16)29-10-9-28-18/h3-5,7,11,13,15,17H,6,8-10,12H2,1-2H3/t15-,17+/m1/s1. The zero-order valence-electron chi connectivity index (χ0n) is 17.1. The van der Waals surface area contributed by atoms with Gasteiger partial charge in [-0.05, 0) is 37.6 Å². The van der Waals surface area contributed by atoms with Gasteiger partial charge >= 0.3 is 0 Å². The van der Waals surface area contributed by atoms with Gasteiger partial charge in [0.05, 0.1) is 0 Å². The number of benzene rings is 1. The maximum Gasteiger partial charge on any atom is 0.274 e. The van der Waals surface area contributed by atoms with Gasteiger partial charge in [-0.15, -0.1) is 5.10 Å². The van der Waals surface area contributed by atoms with E-state index in [2.05, 4.69) is 21.9 Å². The van der Waals surface area contributed by atoms with Crippen molar-refractivity contribution < 1.29 is 14.2 Å². The molecule has 8 heteroatoms. The summed E-state index contributed by atoms with van der Waals surface area (Å²) in [6, 6.07) is 9.29. The fraction of sp³-hybridized carbons (Fsp3) is 0.409. The summed E-state index contributed by atoms with van der Waals surface area (Å²) in [5.74, 6) is 3.11. The van der Waals surface area contributed by atoms with E-state index in [1.54, 1.807) is 0 Å². The second-order valence-corrected chi connectivity index (χ2v) is 7.82.